The molecule has 27 heavy (non-hydrogen) atoms. The summed E-state index contributed by atoms with van der Waals surface area (Å²) in [5.41, 5.74) is 5.72. The van der Waals surface area contributed by atoms with Crippen LogP contribution in [0, 0.1) is 5.41 Å². The van der Waals surface area contributed by atoms with Crippen LogP contribution in [0.25, 0.3) is 22.9 Å². The van der Waals surface area contributed by atoms with Gasteiger partial charge in [-0.3, -0.25) is 5.41 Å². The Morgan fingerprint density at radius 3 is 2.56 bits per heavy atom. The predicted molar refractivity (Wildman–Crippen MR) is 118 cm³/mol. The highest BCUT2D eigenvalue weighted by molar-refractivity contribution is 6.12. The van der Waals surface area contributed by atoms with E-state index in [-0.39, 0.29) is 0 Å². The van der Waals surface area contributed by atoms with Crippen molar-refractivity contribution in [3.8, 4) is 0 Å². The number of hydrogen-bond donors (Lipinski definition) is 2. The van der Waals surface area contributed by atoms with Gasteiger partial charge in [0.05, 0.1) is 0 Å². The summed E-state index contributed by atoms with van der Waals surface area (Å²) in [6.45, 7) is 4.45. The molecule has 1 unspecified atom stereocenters. The molecule has 0 amide bonds. The van der Waals surface area contributed by atoms with Gasteiger partial charge in [-0.1, -0.05) is 62.4 Å². The van der Waals surface area contributed by atoms with E-state index in [1.807, 2.05) is 11.9 Å². The Balaban J connectivity index is 1.56. The molecule has 0 spiro atoms. The SMILES string of the molecule is CCC(C)c1ccc(N(C)C(=N)Nc2ccc3cccc4c3c2C=C4)cc1. The first-order valence-electron chi connectivity index (χ1n) is 9.51. The van der Waals surface area contributed by atoms with Crippen molar-refractivity contribution in [2.45, 2.75) is 26.2 Å². The highest BCUT2D eigenvalue weighted by atomic mass is 15.3. The summed E-state index contributed by atoms with van der Waals surface area (Å²) in [6.07, 6.45) is 5.41. The standard InChI is InChI=1S/C24H25N3/c1-4-16(2)17-8-12-20(13-9-17)27(3)24(25)26-22-15-11-19-7-5-6-18-10-14-21(22)23(18)19/h5-16H,4H2,1-3H3,(H2,25,26). The van der Waals surface area contributed by atoms with Gasteiger partial charge in [-0.15, -0.1) is 0 Å². The van der Waals surface area contributed by atoms with Crippen molar-refractivity contribution < 1.29 is 0 Å². The van der Waals surface area contributed by atoms with E-state index in [0.29, 0.717) is 11.9 Å². The van der Waals surface area contributed by atoms with Crippen molar-refractivity contribution in [1.29, 1.82) is 5.41 Å². The second kappa shape index (κ2) is 6.92. The number of rotatable bonds is 4. The Hall–Kier alpha value is -3.07. The number of hydrogen-bond acceptors (Lipinski definition) is 1. The fraction of sp³-hybridized carbons (Fsp3) is 0.208. The molecule has 3 aromatic rings. The fourth-order valence-corrected chi connectivity index (χ4v) is 3.63. The smallest absolute Gasteiger partial charge is 0.199 e. The molecule has 0 bridgehead atoms. The largest absolute Gasteiger partial charge is 0.326 e. The number of nitrogens with one attached hydrogen (secondary N) is 2. The zero-order valence-electron chi connectivity index (χ0n) is 16.1. The molecule has 2 N–H and O–H groups in total. The second-order valence-electron chi connectivity index (χ2n) is 7.24. The Kier molecular flexibility index (Phi) is 4.44. The monoisotopic (exact) mass is 355 g/mol. The van der Waals surface area contributed by atoms with E-state index in [9.17, 15) is 0 Å². The van der Waals surface area contributed by atoms with Gasteiger partial charge in [0.2, 0.25) is 0 Å². The first-order chi connectivity index (χ1) is 13.1. The van der Waals surface area contributed by atoms with Crippen molar-refractivity contribution in [2.24, 2.45) is 0 Å². The average Bonchev–Trinajstić information content (AvgIpc) is 3.15. The lowest BCUT2D eigenvalue weighted by atomic mass is 9.98. The van der Waals surface area contributed by atoms with Gasteiger partial charge in [0.25, 0.3) is 0 Å². The van der Waals surface area contributed by atoms with Crippen LogP contribution in [0.1, 0.15) is 42.9 Å². The van der Waals surface area contributed by atoms with Gasteiger partial charge in [0.15, 0.2) is 5.96 Å². The van der Waals surface area contributed by atoms with E-state index >= 15 is 0 Å². The van der Waals surface area contributed by atoms with Crippen molar-refractivity contribution in [3.05, 3.63) is 71.3 Å². The maximum atomic E-state index is 8.53. The molecular weight excluding hydrogens is 330 g/mol. The van der Waals surface area contributed by atoms with E-state index in [1.165, 1.54) is 21.9 Å². The van der Waals surface area contributed by atoms with Gasteiger partial charge >= 0.3 is 0 Å². The highest BCUT2D eigenvalue weighted by Crippen LogP contribution is 2.36. The molecule has 1 aliphatic rings. The maximum absolute atomic E-state index is 8.53. The first kappa shape index (κ1) is 17.3. The third kappa shape index (κ3) is 3.10. The molecule has 4 rings (SSSR count). The minimum absolute atomic E-state index is 0.361. The van der Waals surface area contributed by atoms with Crippen LogP contribution in [0.15, 0.2) is 54.6 Å². The molecule has 0 fully saturated rings. The number of anilines is 2. The quantitative estimate of drug-likeness (QED) is 0.332. The van der Waals surface area contributed by atoms with E-state index in [0.717, 1.165) is 23.4 Å². The third-order valence-corrected chi connectivity index (χ3v) is 5.60. The second-order valence-corrected chi connectivity index (χ2v) is 7.24. The lowest BCUT2D eigenvalue weighted by Gasteiger charge is -2.22. The first-order valence-corrected chi connectivity index (χ1v) is 9.51. The van der Waals surface area contributed by atoms with Crippen molar-refractivity contribution in [3.63, 3.8) is 0 Å². The van der Waals surface area contributed by atoms with Gasteiger partial charge in [0, 0.05) is 24.0 Å². The lowest BCUT2D eigenvalue weighted by molar-refractivity contribution is 0.733. The predicted octanol–water partition coefficient (Wildman–Crippen LogP) is 6.32. The summed E-state index contributed by atoms with van der Waals surface area (Å²) in [5.74, 6) is 0.921. The third-order valence-electron chi connectivity index (χ3n) is 5.60. The molecular formula is C24H25N3. The highest BCUT2D eigenvalue weighted by Gasteiger charge is 2.15. The summed E-state index contributed by atoms with van der Waals surface area (Å²) in [5, 5.41) is 14.3. The van der Waals surface area contributed by atoms with Crippen LogP contribution in [0.5, 0.6) is 0 Å². The van der Waals surface area contributed by atoms with Gasteiger partial charge < -0.3 is 10.2 Å². The summed E-state index contributed by atoms with van der Waals surface area (Å²) in [7, 11) is 1.93. The minimum Gasteiger partial charge on any atom is -0.326 e. The van der Waals surface area contributed by atoms with Crippen LogP contribution >= 0.6 is 0 Å². The normalized spacial score (nSPS) is 13.0. The topological polar surface area (TPSA) is 39.1 Å². The minimum atomic E-state index is 0.361. The molecule has 136 valence electrons. The van der Waals surface area contributed by atoms with E-state index in [2.05, 4.69) is 85.9 Å². The van der Waals surface area contributed by atoms with Crippen LogP contribution in [-0.2, 0) is 0 Å². The van der Waals surface area contributed by atoms with Crippen LogP contribution < -0.4 is 10.2 Å². The summed E-state index contributed by atoms with van der Waals surface area (Å²) < 4.78 is 0. The molecule has 0 saturated heterocycles. The molecule has 3 aromatic carbocycles. The molecule has 3 nitrogen and oxygen atoms in total. The van der Waals surface area contributed by atoms with E-state index in [1.54, 1.807) is 0 Å². The lowest BCUT2D eigenvalue weighted by Crippen LogP contribution is -2.32. The molecule has 0 aliphatic heterocycles. The van der Waals surface area contributed by atoms with Crippen LogP contribution in [0.3, 0.4) is 0 Å². The van der Waals surface area contributed by atoms with Gasteiger partial charge in [0.1, 0.15) is 0 Å². The van der Waals surface area contributed by atoms with Gasteiger partial charge in [-0.2, -0.15) is 0 Å². The molecule has 3 heteroatoms. The fourth-order valence-electron chi connectivity index (χ4n) is 3.63. The zero-order chi connectivity index (χ0) is 19.0. The Morgan fingerprint density at radius 1 is 1.04 bits per heavy atom. The Labute approximate surface area is 160 Å². The maximum Gasteiger partial charge on any atom is 0.199 e. The van der Waals surface area contributed by atoms with Crippen molar-refractivity contribution in [1.82, 2.24) is 0 Å². The van der Waals surface area contributed by atoms with Gasteiger partial charge in [-0.25, -0.2) is 0 Å². The molecule has 1 aliphatic carbocycles. The average molecular weight is 355 g/mol. The summed E-state index contributed by atoms with van der Waals surface area (Å²) in [6, 6.07) is 19.0. The van der Waals surface area contributed by atoms with Crippen molar-refractivity contribution >= 4 is 40.3 Å². The van der Waals surface area contributed by atoms with E-state index < -0.39 is 0 Å². The number of benzene rings is 3. The van der Waals surface area contributed by atoms with Crippen LogP contribution in [-0.4, -0.2) is 13.0 Å². The Morgan fingerprint density at radius 2 is 1.81 bits per heavy atom. The molecule has 0 saturated carbocycles. The Bertz CT molecular complexity index is 1030. The number of guanidine groups is 1. The summed E-state index contributed by atoms with van der Waals surface area (Å²) >= 11 is 0. The molecule has 1 atom stereocenters. The van der Waals surface area contributed by atoms with Crippen LogP contribution in [0.2, 0.25) is 0 Å². The van der Waals surface area contributed by atoms with Crippen LogP contribution in [0.4, 0.5) is 11.4 Å². The zero-order valence-corrected chi connectivity index (χ0v) is 16.1. The number of nitrogens with zero attached hydrogens (tertiary/aromatic N) is 1. The summed E-state index contributed by atoms with van der Waals surface area (Å²) in [4.78, 5) is 1.88. The van der Waals surface area contributed by atoms with Gasteiger partial charge in [-0.05, 0) is 52.4 Å². The van der Waals surface area contributed by atoms with Crippen molar-refractivity contribution in [2.75, 3.05) is 17.3 Å². The molecule has 0 heterocycles. The molecule has 0 aromatic heterocycles. The molecule has 0 radical (unpaired) electrons. The van der Waals surface area contributed by atoms with E-state index in [4.69, 9.17) is 5.41 Å².